The summed E-state index contributed by atoms with van der Waals surface area (Å²) in [4.78, 5) is 121. The third-order valence-electron chi connectivity index (χ3n) is 6.91. The van der Waals surface area contributed by atoms with E-state index in [9.17, 15) is 58.2 Å². The molecule has 4 amide bonds. The highest BCUT2D eigenvalue weighted by molar-refractivity contribution is 5.96. The van der Waals surface area contributed by atoms with E-state index in [2.05, 4.69) is 21.3 Å². The SMILES string of the molecule is CC(C)(C)N[C@H](CCC(=O)O)C(=O)N[C@H](CCCC(=O)O)C(=O)N[C@H](CCC(=O)O)C(=O)N[C@H](CCC(=O)O)C(=O)N[C@H](CCC(=O)O)C(=O)O. The largest absolute Gasteiger partial charge is 0.481 e. The second-order valence-electron chi connectivity index (χ2n) is 12.5. The summed E-state index contributed by atoms with van der Waals surface area (Å²) >= 11 is 0. The monoisotopic (exact) mass is 733 g/mol. The fourth-order valence-corrected chi connectivity index (χ4v) is 4.47. The number of carboxylic acid groups (broad SMARTS) is 6. The Bertz CT molecular complexity index is 1300. The Morgan fingerprint density at radius 1 is 0.412 bits per heavy atom. The molecule has 5 atom stereocenters. The first-order chi connectivity index (χ1) is 23.5. The van der Waals surface area contributed by atoms with Crippen LogP contribution in [-0.2, 0) is 47.9 Å². The van der Waals surface area contributed by atoms with Crippen LogP contribution in [0.3, 0.4) is 0 Å². The zero-order valence-electron chi connectivity index (χ0n) is 28.4. The lowest BCUT2D eigenvalue weighted by Gasteiger charge is -2.30. The maximum atomic E-state index is 13.5. The van der Waals surface area contributed by atoms with E-state index in [1.54, 1.807) is 20.8 Å². The number of nitrogens with one attached hydrogen (secondary N) is 5. The molecule has 0 aliphatic rings. The van der Waals surface area contributed by atoms with Crippen LogP contribution in [0.15, 0.2) is 0 Å². The van der Waals surface area contributed by atoms with Gasteiger partial charge in [-0.1, -0.05) is 0 Å². The Kier molecular flexibility index (Phi) is 20.0. The van der Waals surface area contributed by atoms with Gasteiger partial charge < -0.3 is 57.2 Å². The minimum absolute atomic E-state index is 0.157. The molecule has 11 N–H and O–H groups in total. The van der Waals surface area contributed by atoms with Gasteiger partial charge in [-0.05, 0) is 59.3 Å². The maximum absolute atomic E-state index is 13.5. The van der Waals surface area contributed by atoms with Gasteiger partial charge in [0.25, 0.3) is 0 Å². The van der Waals surface area contributed by atoms with Crippen LogP contribution >= 0.6 is 0 Å². The predicted octanol–water partition coefficient (Wildman–Crippen LogP) is -1.52. The van der Waals surface area contributed by atoms with E-state index < -0.39 is 147 Å². The molecule has 0 radical (unpaired) electrons. The summed E-state index contributed by atoms with van der Waals surface area (Å²) in [5.41, 5.74) is -0.703. The highest BCUT2D eigenvalue weighted by Gasteiger charge is 2.33. The topological polar surface area (TPSA) is 352 Å². The predicted molar refractivity (Wildman–Crippen MR) is 171 cm³/mol. The number of carbonyl (C=O) groups excluding carboxylic acids is 4. The average molecular weight is 734 g/mol. The summed E-state index contributed by atoms with van der Waals surface area (Å²) < 4.78 is 0. The first kappa shape index (κ1) is 45.7. The third kappa shape index (κ3) is 21.4. The molecule has 0 aromatic heterocycles. The highest BCUT2D eigenvalue weighted by Crippen LogP contribution is 2.11. The Hall–Kier alpha value is -5.34. The summed E-state index contributed by atoms with van der Waals surface area (Å²) in [5.74, 6) is -12.6. The van der Waals surface area contributed by atoms with Crippen molar-refractivity contribution in [1.29, 1.82) is 0 Å². The molecule has 0 rings (SSSR count). The summed E-state index contributed by atoms with van der Waals surface area (Å²) in [6.07, 6.45) is -5.40. The van der Waals surface area contributed by atoms with Crippen molar-refractivity contribution in [3.05, 3.63) is 0 Å². The van der Waals surface area contributed by atoms with Gasteiger partial charge in [0, 0.05) is 37.6 Å². The third-order valence-corrected chi connectivity index (χ3v) is 6.91. The number of hydrogen-bond donors (Lipinski definition) is 11. The van der Waals surface area contributed by atoms with Gasteiger partial charge in [0.15, 0.2) is 0 Å². The minimum Gasteiger partial charge on any atom is -0.481 e. The summed E-state index contributed by atoms with van der Waals surface area (Å²) in [6, 6.07) is -7.91. The molecule has 0 spiro atoms. The maximum Gasteiger partial charge on any atom is 0.326 e. The van der Waals surface area contributed by atoms with Crippen LogP contribution in [0, 0.1) is 0 Å². The molecule has 51 heavy (non-hydrogen) atoms. The summed E-state index contributed by atoms with van der Waals surface area (Å²) in [5, 5.41) is 66.6. The number of carboxylic acids is 6. The lowest BCUT2D eigenvalue weighted by Crippen LogP contribution is -2.59. The molecule has 0 unspecified atom stereocenters. The minimum atomic E-state index is -1.76. The van der Waals surface area contributed by atoms with Crippen molar-refractivity contribution in [1.82, 2.24) is 26.6 Å². The molecule has 0 bridgehead atoms. The van der Waals surface area contributed by atoms with Gasteiger partial charge >= 0.3 is 35.8 Å². The molecule has 0 saturated carbocycles. The van der Waals surface area contributed by atoms with E-state index in [4.69, 9.17) is 20.4 Å². The van der Waals surface area contributed by atoms with Crippen LogP contribution in [-0.4, -0.2) is 126 Å². The Morgan fingerprint density at radius 3 is 1.00 bits per heavy atom. The molecule has 0 saturated heterocycles. The Morgan fingerprint density at radius 2 is 0.686 bits per heavy atom. The molecule has 0 aliphatic carbocycles. The van der Waals surface area contributed by atoms with Gasteiger partial charge in [0.2, 0.25) is 23.6 Å². The van der Waals surface area contributed by atoms with Crippen molar-refractivity contribution >= 4 is 59.4 Å². The van der Waals surface area contributed by atoms with Gasteiger partial charge in [-0.15, -0.1) is 0 Å². The fourth-order valence-electron chi connectivity index (χ4n) is 4.47. The zero-order valence-corrected chi connectivity index (χ0v) is 28.4. The van der Waals surface area contributed by atoms with Gasteiger partial charge in [0.05, 0.1) is 6.04 Å². The standard InChI is InChI=1S/C30H47N5O16/c1-30(2,3)35-18(9-13-23(42)43)28(49)31-15(5-4-6-20(36)37)25(46)32-16(7-11-21(38)39)26(47)33-17(8-12-22(40)41)27(48)34-19(29(50)51)10-14-24(44)45/h15-19,35H,4-14H2,1-3H3,(H,31,49)(H,32,46)(H,33,47)(H,34,48)(H,36,37)(H,38,39)(H,40,41)(H,42,43)(H,44,45)(H,50,51)/t15-,16-,17-,18-,19-/m1/s1. The zero-order chi connectivity index (χ0) is 39.5. The number of amides is 4. The average Bonchev–Trinajstić information content (AvgIpc) is 2.99. The summed E-state index contributed by atoms with van der Waals surface area (Å²) in [7, 11) is 0. The van der Waals surface area contributed by atoms with Gasteiger partial charge in [-0.25, -0.2) is 4.79 Å². The molecule has 0 aromatic rings. The Balaban J connectivity index is 6.35. The van der Waals surface area contributed by atoms with Crippen LogP contribution < -0.4 is 26.6 Å². The van der Waals surface area contributed by atoms with Crippen LogP contribution in [0.25, 0.3) is 0 Å². The van der Waals surface area contributed by atoms with Crippen molar-refractivity contribution < 1.29 is 78.6 Å². The molecule has 0 aliphatic heterocycles. The lowest BCUT2D eigenvalue weighted by molar-refractivity contribution is -0.144. The normalized spacial score (nSPS) is 14.0. The first-order valence-corrected chi connectivity index (χ1v) is 15.8. The quantitative estimate of drug-likeness (QED) is 0.0481. The van der Waals surface area contributed by atoms with E-state index in [0.29, 0.717) is 0 Å². The highest BCUT2D eigenvalue weighted by atomic mass is 16.4. The van der Waals surface area contributed by atoms with Crippen LogP contribution in [0.1, 0.15) is 91.4 Å². The van der Waals surface area contributed by atoms with Crippen LogP contribution in [0.2, 0.25) is 0 Å². The number of rotatable bonds is 26. The lowest BCUT2D eigenvalue weighted by atomic mass is 10.0. The summed E-state index contributed by atoms with van der Waals surface area (Å²) in [6.45, 7) is 5.08. The van der Waals surface area contributed by atoms with Gasteiger partial charge in [-0.3, -0.25) is 43.2 Å². The number of hydrogen-bond acceptors (Lipinski definition) is 11. The van der Waals surface area contributed by atoms with Crippen molar-refractivity contribution in [2.24, 2.45) is 0 Å². The molecule has 21 nitrogen and oxygen atoms in total. The second kappa shape index (κ2) is 22.4. The molecular weight excluding hydrogens is 686 g/mol. The van der Waals surface area contributed by atoms with Gasteiger partial charge in [-0.2, -0.15) is 0 Å². The second-order valence-corrected chi connectivity index (χ2v) is 12.5. The van der Waals surface area contributed by atoms with E-state index in [1.807, 2.05) is 5.32 Å². The Labute approximate surface area is 291 Å². The van der Waals surface area contributed by atoms with Crippen molar-refractivity contribution in [3.63, 3.8) is 0 Å². The van der Waals surface area contributed by atoms with E-state index >= 15 is 0 Å². The molecule has 0 fully saturated rings. The number of carbonyl (C=O) groups is 10. The van der Waals surface area contributed by atoms with Crippen molar-refractivity contribution in [3.8, 4) is 0 Å². The van der Waals surface area contributed by atoms with Crippen LogP contribution in [0.4, 0.5) is 0 Å². The van der Waals surface area contributed by atoms with Crippen molar-refractivity contribution in [2.45, 2.75) is 127 Å². The van der Waals surface area contributed by atoms with Crippen molar-refractivity contribution in [2.75, 3.05) is 0 Å². The molecule has 288 valence electrons. The molecule has 0 aromatic carbocycles. The smallest absolute Gasteiger partial charge is 0.326 e. The molecule has 0 heterocycles. The number of aliphatic carboxylic acids is 6. The molecule has 21 heteroatoms. The van der Waals surface area contributed by atoms with E-state index in [1.165, 1.54) is 0 Å². The van der Waals surface area contributed by atoms with E-state index in [0.717, 1.165) is 0 Å². The molecular formula is C30H47N5O16. The van der Waals surface area contributed by atoms with Gasteiger partial charge in [0.1, 0.15) is 24.2 Å². The first-order valence-electron chi connectivity index (χ1n) is 15.8. The van der Waals surface area contributed by atoms with Crippen LogP contribution in [0.5, 0.6) is 0 Å². The fraction of sp³-hybridized carbons (Fsp3) is 0.667. The van der Waals surface area contributed by atoms with E-state index in [-0.39, 0.29) is 19.3 Å².